The Morgan fingerprint density at radius 1 is 1.19 bits per heavy atom. The van der Waals surface area contributed by atoms with E-state index in [9.17, 15) is 4.39 Å². The number of aryl methyl sites for hydroxylation is 1. The van der Waals surface area contributed by atoms with Crippen molar-refractivity contribution in [3.8, 4) is 5.75 Å². The Morgan fingerprint density at radius 3 is 2.77 bits per heavy atom. The van der Waals surface area contributed by atoms with Gasteiger partial charge >= 0.3 is 0 Å². The van der Waals surface area contributed by atoms with E-state index in [2.05, 4.69) is 43.7 Å². The zero-order valence-electron chi connectivity index (χ0n) is 14.3. The molecule has 0 fully saturated rings. The van der Waals surface area contributed by atoms with E-state index in [1.54, 1.807) is 16.8 Å². The molecule has 0 saturated heterocycles. The Bertz CT molecular complexity index is 853. The van der Waals surface area contributed by atoms with E-state index in [4.69, 9.17) is 4.74 Å². The summed E-state index contributed by atoms with van der Waals surface area (Å²) in [5, 5.41) is 14.9. The molecule has 6 nitrogen and oxygen atoms in total. The Labute approximate surface area is 159 Å². The van der Waals surface area contributed by atoms with Crippen LogP contribution < -0.4 is 10.1 Å². The molecule has 0 bridgehead atoms. The first-order valence-electron chi connectivity index (χ1n) is 8.31. The van der Waals surface area contributed by atoms with Gasteiger partial charge in [0.2, 0.25) is 5.95 Å². The summed E-state index contributed by atoms with van der Waals surface area (Å²) in [6.45, 7) is 3.70. The number of nitrogens with zero attached hydrogens (tertiary/aromatic N) is 4. The lowest BCUT2D eigenvalue weighted by Gasteiger charge is -2.13. The van der Waals surface area contributed by atoms with Crippen LogP contribution in [0.3, 0.4) is 0 Å². The molecule has 26 heavy (non-hydrogen) atoms. The number of aromatic nitrogens is 4. The molecule has 1 heterocycles. The number of hydrogen-bond acceptors (Lipinski definition) is 5. The molecule has 0 saturated carbocycles. The molecule has 3 aromatic rings. The largest absolute Gasteiger partial charge is 0.489 e. The standard InChI is InChI=1S/C18H19BrFN5O/c1-2-9-25-18(22-23-24-25)21-11-14-10-15(19)5-8-17(14)26-12-13-3-6-16(20)7-4-13/h3-8,10H,2,9,11-12H2,1H3,(H,21,22,24). The van der Waals surface area contributed by atoms with Crippen molar-refractivity contribution in [1.29, 1.82) is 0 Å². The van der Waals surface area contributed by atoms with Gasteiger partial charge in [0.15, 0.2) is 0 Å². The third-order valence-corrected chi connectivity index (χ3v) is 4.23. The molecule has 0 amide bonds. The highest BCUT2D eigenvalue weighted by molar-refractivity contribution is 9.10. The van der Waals surface area contributed by atoms with Crippen molar-refractivity contribution in [2.45, 2.75) is 33.0 Å². The van der Waals surface area contributed by atoms with Crippen LogP contribution in [-0.4, -0.2) is 20.2 Å². The zero-order valence-corrected chi connectivity index (χ0v) is 15.9. The van der Waals surface area contributed by atoms with Crippen LogP contribution >= 0.6 is 15.9 Å². The van der Waals surface area contributed by atoms with E-state index in [0.29, 0.717) is 19.1 Å². The number of benzene rings is 2. The molecule has 0 unspecified atom stereocenters. The average Bonchev–Trinajstić information content (AvgIpc) is 3.08. The van der Waals surface area contributed by atoms with Crippen LogP contribution in [-0.2, 0) is 19.7 Å². The Balaban J connectivity index is 1.69. The third-order valence-electron chi connectivity index (χ3n) is 3.73. The lowest BCUT2D eigenvalue weighted by Crippen LogP contribution is -2.10. The van der Waals surface area contributed by atoms with E-state index in [-0.39, 0.29) is 5.82 Å². The molecule has 1 N–H and O–H groups in total. The van der Waals surface area contributed by atoms with E-state index in [0.717, 1.165) is 34.3 Å². The van der Waals surface area contributed by atoms with Gasteiger partial charge in [-0.05, 0) is 52.7 Å². The van der Waals surface area contributed by atoms with Gasteiger partial charge in [0.25, 0.3) is 0 Å². The summed E-state index contributed by atoms with van der Waals surface area (Å²) in [5.74, 6) is 1.11. The van der Waals surface area contributed by atoms with Crippen molar-refractivity contribution in [3.05, 3.63) is 63.9 Å². The number of ether oxygens (including phenoxy) is 1. The topological polar surface area (TPSA) is 64.9 Å². The monoisotopic (exact) mass is 419 g/mol. The van der Waals surface area contributed by atoms with Crippen molar-refractivity contribution in [2.24, 2.45) is 0 Å². The number of rotatable bonds is 8. The van der Waals surface area contributed by atoms with Crippen LogP contribution in [0.2, 0.25) is 0 Å². The maximum absolute atomic E-state index is 13.0. The number of nitrogens with one attached hydrogen (secondary N) is 1. The van der Waals surface area contributed by atoms with E-state index in [1.165, 1.54) is 12.1 Å². The molecule has 8 heteroatoms. The molecular formula is C18H19BrFN5O. The summed E-state index contributed by atoms with van der Waals surface area (Å²) in [5.41, 5.74) is 1.87. The van der Waals surface area contributed by atoms with E-state index < -0.39 is 0 Å². The zero-order chi connectivity index (χ0) is 18.4. The van der Waals surface area contributed by atoms with Crippen molar-refractivity contribution < 1.29 is 9.13 Å². The highest BCUT2D eigenvalue weighted by Gasteiger charge is 2.09. The van der Waals surface area contributed by atoms with Crippen molar-refractivity contribution in [2.75, 3.05) is 5.32 Å². The second-order valence-electron chi connectivity index (χ2n) is 5.75. The van der Waals surface area contributed by atoms with Crippen LogP contribution in [0.25, 0.3) is 0 Å². The minimum Gasteiger partial charge on any atom is -0.489 e. The van der Waals surface area contributed by atoms with Crippen molar-refractivity contribution in [1.82, 2.24) is 20.2 Å². The minimum atomic E-state index is -0.257. The van der Waals surface area contributed by atoms with Crippen molar-refractivity contribution >= 4 is 21.9 Å². The lowest BCUT2D eigenvalue weighted by molar-refractivity contribution is 0.303. The van der Waals surface area contributed by atoms with Gasteiger partial charge in [-0.25, -0.2) is 9.07 Å². The lowest BCUT2D eigenvalue weighted by atomic mass is 10.2. The molecular weight excluding hydrogens is 401 g/mol. The normalized spacial score (nSPS) is 10.7. The Morgan fingerprint density at radius 2 is 2.00 bits per heavy atom. The summed E-state index contributed by atoms with van der Waals surface area (Å²) in [7, 11) is 0. The maximum Gasteiger partial charge on any atom is 0.243 e. The summed E-state index contributed by atoms with van der Waals surface area (Å²) in [6.07, 6.45) is 0.947. The van der Waals surface area contributed by atoms with Crippen LogP contribution in [0.5, 0.6) is 5.75 Å². The average molecular weight is 420 g/mol. The summed E-state index contributed by atoms with van der Waals surface area (Å²) < 4.78 is 21.6. The molecule has 0 aliphatic carbocycles. The number of hydrogen-bond donors (Lipinski definition) is 1. The number of halogens is 2. The predicted molar refractivity (Wildman–Crippen MR) is 100 cm³/mol. The Hall–Kier alpha value is -2.48. The fourth-order valence-corrected chi connectivity index (χ4v) is 2.85. The molecule has 0 radical (unpaired) electrons. The maximum atomic E-state index is 13.0. The van der Waals surface area contributed by atoms with Crippen LogP contribution in [0, 0.1) is 5.82 Å². The first-order valence-corrected chi connectivity index (χ1v) is 9.10. The quantitative estimate of drug-likeness (QED) is 0.593. The van der Waals surface area contributed by atoms with Gasteiger partial charge in [0.1, 0.15) is 18.2 Å². The fourth-order valence-electron chi connectivity index (χ4n) is 2.44. The molecule has 0 spiro atoms. The van der Waals surface area contributed by atoms with Gasteiger partial charge in [0, 0.05) is 23.1 Å². The van der Waals surface area contributed by atoms with Gasteiger partial charge in [0.05, 0.1) is 0 Å². The van der Waals surface area contributed by atoms with Gasteiger partial charge in [-0.2, -0.15) is 0 Å². The Kier molecular flexibility index (Phi) is 6.17. The highest BCUT2D eigenvalue weighted by atomic mass is 79.9. The molecule has 136 valence electrons. The van der Waals surface area contributed by atoms with Crippen LogP contribution in [0.15, 0.2) is 46.9 Å². The molecule has 2 aromatic carbocycles. The number of anilines is 1. The summed E-state index contributed by atoms with van der Waals surface area (Å²) in [6, 6.07) is 12.1. The molecule has 0 atom stereocenters. The smallest absolute Gasteiger partial charge is 0.243 e. The SMILES string of the molecule is CCCn1nnnc1NCc1cc(Br)ccc1OCc1ccc(F)cc1. The van der Waals surface area contributed by atoms with Crippen LogP contribution in [0.4, 0.5) is 10.3 Å². The molecule has 0 aliphatic heterocycles. The van der Waals surface area contributed by atoms with Crippen molar-refractivity contribution in [3.63, 3.8) is 0 Å². The first-order chi connectivity index (χ1) is 12.7. The van der Waals surface area contributed by atoms with Crippen LogP contribution in [0.1, 0.15) is 24.5 Å². The highest BCUT2D eigenvalue weighted by Crippen LogP contribution is 2.25. The van der Waals surface area contributed by atoms with Gasteiger partial charge < -0.3 is 10.1 Å². The fraction of sp³-hybridized carbons (Fsp3) is 0.278. The summed E-state index contributed by atoms with van der Waals surface area (Å²) >= 11 is 3.49. The van der Waals surface area contributed by atoms with E-state index >= 15 is 0 Å². The first kappa shape index (κ1) is 18.3. The molecule has 3 rings (SSSR count). The van der Waals surface area contributed by atoms with Gasteiger partial charge in [-0.15, -0.1) is 0 Å². The predicted octanol–water partition coefficient (Wildman–Crippen LogP) is 4.18. The summed E-state index contributed by atoms with van der Waals surface area (Å²) in [4.78, 5) is 0. The molecule has 1 aromatic heterocycles. The molecule has 0 aliphatic rings. The van der Waals surface area contributed by atoms with Gasteiger partial charge in [-0.3, -0.25) is 0 Å². The third kappa shape index (κ3) is 4.78. The second kappa shape index (κ2) is 8.75. The minimum absolute atomic E-state index is 0.257. The number of tetrazole rings is 1. The second-order valence-corrected chi connectivity index (χ2v) is 6.66. The van der Waals surface area contributed by atoms with E-state index in [1.807, 2.05) is 18.2 Å². The van der Waals surface area contributed by atoms with Gasteiger partial charge in [-0.1, -0.05) is 40.1 Å².